The van der Waals surface area contributed by atoms with Crippen LogP contribution in [0.3, 0.4) is 0 Å². The van der Waals surface area contributed by atoms with Gasteiger partial charge in [0.15, 0.2) is 0 Å². The van der Waals surface area contributed by atoms with Crippen LogP contribution in [0.5, 0.6) is 5.88 Å². The molecule has 1 N–H and O–H groups in total. The first-order valence-electron chi connectivity index (χ1n) is 10.6. The van der Waals surface area contributed by atoms with Crippen LogP contribution >= 0.6 is 0 Å². The lowest BCUT2D eigenvalue weighted by Crippen LogP contribution is -2.11. The van der Waals surface area contributed by atoms with Gasteiger partial charge in [-0.25, -0.2) is 4.98 Å². The molecule has 4 aromatic rings. The minimum atomic E-state index is -0.727. The Balaban J connectivity index is 1.33. The number of aliphatic carboxylic acids is 1. The molecule has 5 rings (SSSR count). The van der Waals surface area contributed by atoms with Gasteiger partial charge in [-0.2, -0.15) is 0 Å². The number of aromatic nitrogens is 1. The average molecular weight is 413 g/mol. The van der Waals surface area contributed by atoms with Gasteiger partial charge < -0.3 is 14.3 Å². The Kier molecular flexibility index (Phi) is 5.16. The third-order valence-corrected chi connectivity index (χ3v) is 5.90. The highest BCUT2D eigenvalue weighted by atomic mass is 16.5. The predicted octanol–water partition coefficient (Wildman–Crippen LogP) is 6.22. The second kappa shape index (κ2) is 8.26. The SMILES string of the molecule is O=C(O)CC1CC=C(c2cccc(OCc3cccc4c3oc3ccccc34)n2)CC1. The molecule has 1 aliphatic carbocycles. The molecular formula is C26H23NO4. The summed E-state index contributed by atoms with van der Waals surface area (Å²) in [7, 11) is 0. The van der Waals surface area contributed by atoms with Crippen molar-refractivity contribution in [2.75, 3.05) is 0 Å². The van der Waals surface area contributed by atoms with Crippen LogP contribution in [0.15, 0.2) is 71.2 Å². The lowest BCUT2D eigenvalue weighted by atomic mass is 9.86. The van der Waals surface area contributed by atoms with E-state index >= 15 is 0 Å². The molecule has 1 atom stereocenters. The number of rotatable bonds is 6. The molecule has 0 spiro atoms. The maximum absolute atomic E-state index is 10.9. The maximum Gasteiger partial charge on any atom is 0.303 e. The van der Waals surface area contributed by atoms with E-state index in [0.29, 0.717) is 12.5 Å². The molecule has 0 saturated carbocycles. The standard InChI is InChI=1S/C26H23NO4/c28-25(29)15-17-11-13-18(14-12-17)22-8-4-10-24(27-22)30-16-19-5-3-7-21-20-6-1-2-9-23(20)31-26(19)21/h1-10,13,17H,11-12,14-16H2,(H,28,29). The van der Waals surface area contributed by atoms with Crippen molar-refractivity contribution in [2.45, 2.75) is 32.3 Å². The van der Waals surface area contributed by atoms with E-state index in [9.17, 15) is 4.79 Å². The number of carboxylic acids is 1. The molecule has 0 amide bonds. The largest absolute Gasteiger partial charge is 0.481 e. The molecule has 2 heterocycles. The first kappa shape index (κ1) is 19.4. The van der Waals surface area contributed by atoms with Crippen LogP contribution in [0, 0.1) is 5.92 Å². The fourth-order valence-electron chi connectivity index (χ4n) is 4.30. The summed E-state index contributed by atoms with van der Waals surface area (Å²) in [6.45, 7) is 0.368. The number of allylic oxidation sites excluding steroid dienone is 2. The Hall–Kier alpha value is -3.60. The summed E-state index contributed by atoms with van der Waals surface area (Å²) in [6, 6.07) is 19.9. The first-order valence-corrected chi connectivity index (χ1v) is 10.6. The molecule has 0 radical (unpaired) electrons. The summed E-state index contributed by atoms with van der Waals surface area (Å²) in [5.74, 6) is 0.0546. The van der Waals surface area contributed by atoms with Gasteiger partial charge in [-0.3, -0.25) is 4.79 Å². The number of nitrogens with zero attached hydrogens (tertiary/aromatic N) is 1. The lowest BCUT2D eigenvalue weighted by Gasteiger charge is -2.20. The zero-order valence-corrected chi connectivity index (χ0v) is 17.1. The van der Waals surface area contributed by atoms with E-state index in [1.165, 1.54) is 0 Å². The molecule has 0 fully saturated rings. The number of ether oxygens (including phenoxy) is 1. The highest BCUT2D eigenvalue weighted by Gasteiger charge is 2.19. The number of fused-ring (bicyclic) bond motifs is 3. The summed E-state index contributed by atoms with van der Waals surface area (Å²) in [5.41, 5.74) is 4.75. The highest BCUT2D eigenvalue weighted by Crippen LogP contribution is 2.33. The normalized spacial score (nSPS) is 16.4. The summed E-state index contributed by atoms with van der Waals surface area (Å²) < 4.78 is 12.1. The molecule has 1 unspecified atom stereocenters. The molecule has 2 aromatic heterocycles. The molecule has 0 bridgehead atoms. The fraction of sp³-hybridized carbons (Fsp3) is 0.231. The van der Waals surface area contributed by atoms with Crippen molar-refractivity contribution in [1.82, 2.24) is 4.98 Å². The Labute approximate surface area is 180 Å². The van der Waals surface area contributed by atoms with Crippen molar-refractivity contribution < 1.29 is 19.1 Å². The van der Waals surface area contributed by atoms with Gasteiger partial charge in [0.2, 0.25) is 5.88 Å². The van der Waals surface area contributed by atoms with E-state index < -0.39 is 5.97 Å². The number of benzene rings is 2. The van der Waals surface area contributed by atoms with Gasteiger partial charge in [0, 0.05) is 28.8 Å². The summed E-state index contributed by atoms with van der Waals surface area (Å²) >= 11 is 0. The maximum atomic E-state index is 10.9. The van der Waals surface area contributed by atoms with Crippen LogP contribution in [-0.4, -0.2) is 16.1 Å². The van der Waals surface area contributed by atoms with Gasteiger partial charge in [-0.05, 0) is 42.9 Å². The molecule has 1 aliphatic rings. The van der Waals surface area contributed by atoms with Gasteiger partial charge in [-0.15, -0.1) is 0 Å². The van der Waals surface area contributed by atoms with Crippen molar-refractivity contribution in [3.63, 3.8) is 0 Å². The second-order valence-electron chi connectivity index (χ2n) is 8.01. The third kappa shape index (κ3) is 4.04. The zero-order valence-electron chi connectivity index (χ0n) is 17.1. The zero-order chi connectivity index (χ0) is 21.2. The van der Waals surface area contributed by atoms with Gasteiger partial charge >= 0.3 is 5.97 Å². The molecule has 156 valence electrons. The van der Waals surface area contributed by atoms with Crippen molar-refractivity contribution >= 4 is 33.5 Å². The molecule has 0 aliphatic heterocycles. The van der Waals surface area contributed by atoms with E-state index in [-0.39, 0.29) is 12.3 Å². The number of pyridine rings is 1. The third-order valence-electron chi connectivity index (χ3n) is 5.90. The van der Waals surface area contributed by atoms with Gasteiger partial charge in [0.1, 0.15) is 17.8 Å². The summed E-state index contributed by atoms with van der Waals surface area (Å²) in [4.78, 5) is 15.6. The number of hydrogen-bond acceptors (Lipinski definition) is 4. The van der Waals surface area contributed by atoms with E-state index in [4.69, 9.17) is 14.3 Å². The van der Waals surface area contributed by atoms with Crippen LogP contribution in [0.25, 0.3) is 27.5 Å². The Bertz CT molecular complexity index is 1290. The predicted molar refractivity (Wildman–Crippen MR) is 120 cm³/mol. The monoisotopic (exact) mass is 413 g/mol. The highest BCUT2D eigenvalue weighted by molar-refractivity contribution is 6.05. The van der Waals surface area contributed by atoms with Crippen LogP contribution < -0.4 is 4.74 Å². The van der Waals surface area contributed by atoms with E-state index in [2.05, 4.69) is 23.2 Å². The number of para-hydroxylation sites is 2. The number of furan rings is 1. The number of carbonyl (C=O) groups is 1. The van der Waals surface area contributed by atoms with Gasteiger partial charge in [-0.1, -0.05) is 48.5 Å². The van der Waals surface area contributed by atoms with E-state index in [0.717, 1.165) is 58.0 Å². The minimum Gasteiger partial charge on any atom is -0.481 e. The fourth-order valence-corrected chi connectivity index (χ4v) is 4.30. The molecule has 2 aromatic carbocycles. The van der Waals surface area contributed by atoms with Crippen molar-refractivity contribution in [3.8, 4) is 5.88 Å². The summed E-state index contributed by atoms with van der Waals surface area (Å²) in [6.07, 6.45) is 4.85. The Morgan fingerprint density at radius 3 is 2.74 bits per heavy atom. The molecule has 5 heteroatoms. The quantitative estimate of drug-likeness (QED) is 0.406. The van der Waals surface area contributed by atoms with Crippen molar-refractivity contribution in [2.24, 2.45) is 5.92 Å². The Morgan fingerprint density at radius 1 is 1.06 bits per heavy atom. The van der Waals surface area contributed by atoms with Crippen molar-refractivity contribution in [3.05, 3.63) is 78.0 Å². The van der Waals surface area contributed by atoms with Crippen LogP contribution in [0.1, 0.15) is 36.9 Å². The van der Waals surface area contributed by atoms with E-state index in [1.54, 1.807) is 0 Å². The molecule has 31 heavy (non-hydrogen) atoms. The molecule has 0 saturated heterocycles. The second-order valence-corrected chi connectivity index (χ2v) is 8.01. The average Bonchev–Trinajstić information content (AvgIpc) is 3.17. The van der Waals surface area contributed by atoms with Crippen molar-refractivity contribution in [1.29, 1.82) is 0 Å². The van der Waals surface area contributed by atoms with Crippen LogP contribution in [-0.2, 0) is 11.4 Å². The van der Waals surface area contributed by atoms with Gasteiger partial charge in [0.25, 0.3) is 0 Å². The molecular weight excluding hydrogens is 390 g/mol. The minimum absolute atomic E-state index is 0.213. The molecule has 5 nitrogen and oxygen atoms in total. The first-order chi connectivity index (χ1) is 15.2. The Morgan fingerprint density at radius 2 is 1.90 bits per heavy atom. The van der Waals surface area contributed by atoms with Gasteiger partial charge in [0.05, 0.1) is 5.69 Å². The van der Waals surface area contributed by atoms with Crippen LogP contribution in [0.2, 0.25) is 0 Å². The number of hydrogen-bond donors (Lipinski definition) is 1. The number of carboxylic acid groups (broad SMARTS) is 1. The van der Waals surface area contributed by atoms with Crippen LogP contribution in [0.4, 0.5) is 0 Å². The lowest BCUT2D eigenvalue weighted by molar-refractivity contribution is -0.138. The smallest absolute Gasteiger partial charge is 0.303 e. The van der Waals surface area contributed by atoms with E-state index in [1.807, 2.05) is 48.5 Å². The topological polar surface area (TPSA) is 72.6 Å². The summed E-state index contributed by atoms with van der Waals surface area (Å²) in [5, 5.41) is 11.2.